The molecule has 1 amide bonds. The Morgan fingerprint density at radius 1 is 1.36 bits per heavy atom. The highest BCUT2D eigenvalue weighted by molar-refractivity contribution is 6.02. The monoisotopic (exact) mass is 300 g/mol. The zero-order valence-electron chi connectivity index (χ0n) is 12.3. The van der Waals surface area contributed by atoms with Crippen LogP contribution in [0.1, 0.15) is 21.7 Å². The Morgan fingerprint density at radius 3 is 2.86 bits per heavy atom. The summed E-state index contributed by atoms with van der Waals surface area (Å²) in [5, 5.41) is 2.73. The van der Waals surface area contributed by atoms with Crippen LogP contribution in [0.3, 0.4) is 0 Å². The molecule has 2 N–H and O–H groups in total. The number of ether oxygens (including phenoxy) is 2. The van der Waals surface area contributed by atoms with Crippen LogP contribution in [-0.2, 0) is 16.0 Å². The number of benzene rings is 1. The zero-order valence-corrected chi connectivity index (χ0v) is 12.3. The van der Waals surface area contributed by atoms with E-state index >= 15 is 0 Å². The highest BCUT2D eigenvalue weighted by Crippen LogP contribution is 2.29. The number of hydrogen-bond acceptors (Lipinski definition) is 4. The lowest BCUT2D eigenvalue weighted by atomic mass is 10.1. The lowest BCUT2D eigenvalue weighted by molar-refractivity contribution is -0.122. The maximum atomic E-state index is 12.4. The molecule has 0 bridgehead atoms. The minimum Gasteiger partial charge on any atom is -0.480 e. The van der Waals surface area contributed by atoms with Gasteiger partial charge in [0.15, 0.2) is 6.10 Å². The normalized spacial score (nSPS) is 15.8. The molecule has 3 rings (SSSR count). The third kappa shape index (κ3) is 2.55. The van der Waals surface area contributed by atoms with Gasteiger partial charge in [0.25, 0.3) is 5.91 Å². The summed E-state index contributed by atoms with van der Waals surface area (Å²) in [6.07, 6.45) is -0.0861. The number of para-hydroxylation sites is 1. The summed E-state index contributed by atoms with van der Waals surface area (Å²) in [7, 11) is 1.29. The Balaban J connectivity index is 1.75. The van der Waals surface area contributed by atoms with Crippen molar-refractivity contribution >= 4 is 17.6 Å². The number of fused-ring (bicyclic) bond motifs is 1. The second-order valence-electron chi connectivity index (χ2n) is 5.14. The van der Waals surface area contributed by atoms with Gasteiger partial charge >= 0.3 is 5.97 Å². The van der Waals surface area contributed by atoms with Gasteiger partial charge in [0, 0.05) is 12.1 Å². The average Bonchev–Trinajstić information content (AvgIpc) is 3.09. The van der Waals surface area contributed by atoms with Gasteiger partial charge in [-0.2, -0.15) is 0 Å². The summed E-state index contributed by atoms with van der Waals surface area (Å²) >= 11 is 0. The van der Waals surface area contributed by atoms with Crippen molar-refractivity contribution in [3.8, 4) is 5.75 Å². The van der Waals surface area contributed by atoms with Gasteiger partial charge in [-0.05, 0) is 24.6 Å². The fraction of sp³-hybridized carbons (Fsp3) is 0.250. The van der Waals surface area contributed by atoms with E-state index in [-0.39, 0.29) is 11.6 Å². The molecule has 0 radical (unpaired) electrons. The molecule has 6 nitrogen and oxygen atoms in total. The number of amides is 1. The quantitative estimate of drug-likeness (QED) is 0.850. The number of methoxy groups -OCH3 is 1. The van der Waals surface area contributed by atoms with Crippen molar-refractivity contribution < 1.29 is 19.1 Å². The molecule has 1 unspecified atom stereocenters. The van der Waals surface area contributed by atoms with Crippen LogP contribution in [0, 0.1) is 6.92 Å². The minimum absolute atomic E-state index is 0.226. The van der Waals surface area contributed by atoms with Crippen molar-refractivity contribution in [1.29, 1.82) is 0 Å². The molecule has 2 aromatic rings. The maximum absolute atomic E-state index is 12.4. The molecule has 0 fully saturated rings. The summed E-state index contributed by atoms with van der Waals surface area (Å²) in [5.41, 5.74) is 2.38. The summed E-state index contributed by atoms with van der Waals surface area (Å²) in [6, 6.07) is 9.23. The third-order valence-corrected chi connectivity index (χ3v) is 3.54. The van der Waals surface area contributed by atoms with Crippen LogP contribution >= 0.6 is 0 Å². The van der Waals surface area contributed by atoms with Gasteiger partial charge in [0.1, 0.15) is 11.4 Å². The molecule has 0 saturated heterocycles. The van der Waals surface area contributed by atoms with Gasteiger partial charge in [-0.25, -0.2) is 4.79 Å². The van der Waals surface area contributed by atoms with Crippen LogP contribution in [0.15, 0.2) is 30.3 Å². The number of aromatic nitrogens is 1. The number of esters is 1. The largest absolute Gasteiger partial charge is 0.480 e. The van der Waals surface area contributed by atoms with E-state index in [1.807, 2.05) is 24.3 Å². The molecule has 0 saturated carbocycles. The van der Waals surface area contributed by atoms with Crippen molar-refractivity contribution in [3.05, 3.63) is 47.3 Å². The Hall–Kier alpha value is -2.76. The molecule has 6 heteroatoms. The highest BCUT2D eigenvalue weighted by Gasteiger charge is 2.30. The van der Waals surface area contributed by atoms with Crippen LogP contribution in [0.25, 0.3) is 0 Å². The van der Waals surface area contributed by atoms with Crippen LogP contribution in [-0.4, -0.2) is 30.1 Å². The van der Waals surface area contributed by atoms with Crippen molar-refractivity contribution in [3.63, 3.8) is 0 Å². The fourth-order valence-corrected chi connectivity index (χ4v) is 2.49. The van der Waals surface area contributed by atoms with Crippen molar-refractivity contribution in [2.45, 2.75) is 19.4 Å². The van der Waals surface area contributed by atoms with Crippen molar-refractivity contribution in [1.82, 2.24) is 4.98 Å². The van der Waals surface area contributed by atoms with E-state index in [2.05, 4.69) is 10.3 Å². The summed E-state index contributed by atoms with van der Waals surface area (Å²) in [6.45, 7) is 1.80. The van der Waals surface area contributed by atoms with Crippen LogP contribution in [0.4, 0.5) is 5.69 Å². The van der Waals surface area contributed by atoms with E-state index < -0.39 is 12.1 Å². The number of carbonyl (C=O) groups is 2. The van der Waals surface area contributed by atoms with E-state index in [9.17, 15) is 9.59 Å². The first-order valence-electron chi connectivity index (χ1n) is 6.92. The Bertz CT molecular complexity index is 710. The Labute approximate surface area is 127 Å². The van der Waals surface area contributed by atoms with Crippen LogP contribution < -0.4 is 10.1 Å². The SMILES string of the molecule is COC(=O)c1[nH]c(C)cc1NC(=O)C1Cc2ccccc2O1. The lowest BCUT2D eigenvalue weighted by Gasteiger charge is -2.11. The fourth-order valence-electron chi connectivity index (χ4n) is 2.49. The molecule has 1 aromatic heterocycles. The molecule has 114 valence electrons. The molecule has 1 aliphatic rings. The number of aromatic amines is 1. The van der Waals surface area contributed by atoms with Crippen LogP contribution in [0.5, 0.6) is 5.75 Å². The third-order valence-electron chi connectivity index (χ3n) is 3.54. The van der Waals surface area contributed by atoms with Gasteiger partial charge in [-0.15, -0.1) is 0 Å². The lowest BCUT2D eigenvalue weighted by Crippen LogP contribution is -2.31. The van der Waals surface area contributed by atoms with Gasteiger partial charge < -0.3 is 19.8 Å². The second kappa shape index (κ2) is 5.55. The molecule has 2 heterocycles. The van der Waals surface area contributed by atoms with Gasteiger partial charge in [0.2, 0.25) is 0 Å². The molecular formula is C16H16N2O4. The standard InChI is InChI=1S/C16H16N2O4/c1-9-7-11(14(17-9)16(20)21-2)18-15(19)13-8-10-5-3-4-6-12(10)22-13/h3-7,13,17H,8H2,1-2H3,(H,18,19). The average molecular weight is 300 g/mol. The highest BCUT2D eigenvalue weighted by atomic mass is 16.5. The number of aryl methyl sites for hydroxylation is 1. The molecule has 1 aliphatic heterocycles. The van der Waals surface area contributed by atoms with E-state index in [4.69, 9.17) is 9.47 Å². The number of anilines is 1. The maximum Gasteiger partial charge on any atom is 0.356 e. The zero-order chi connectivity index (χ0) is 15.7. The van der Waals surface area contributed by atoms with Crippen LogP contribution in [0.2, 0.25) is 0 Å². The summed E-state index contributed by atoms with van der Waals surface area (Å²) in [4.78, 5) is 26.9. The van der Waals surface area contributed by atoms with E-state index in [1.165, 1.54) is 7.11 Å². The molecule has 1 aromatic carbocycles. The Kier molecular flexibility index (Phi) is 3.58. The number of rotatable bonds is 3. The van der Waals surface area contributed by atoms with Gasteiger partial charge in [0.05, 0.1) is 12.8 Å². The molecule has 0 spiro atoms. The molecule has 22 heavy (non-hydrogen) atoms. The Morgan fingerprint density at radius 2 is 2.14 bits per heavy atom. The van der Waals surface area contributed by atoms with E-state index in [0.717, 1.165) is 17.0 Å². The van der Waals surface area contributed by atoms with Gasteiger partial charge in [-0.1, -0.05) is 18.2 Å². The number of carbonyl (C=O) groups excluding carboxylic acids is 2. The second-order valence-corrected chi connectivity index (χ2v) is 5.14. The van der Waals surface area contributed by atoms with Crippen molar-refractivity contribution in [2.24, 2.45) is 0 Å². The smallest absolute Gasteiger partial charge is 0.356 e. The number of H-pyrrole nitrogens is 1. The summed E-state index contributed by atoms with van der Waals surface area (Å²) in [5.74, 6) is -0.0968. The minimum atomic E-state index is -0.599. The molecule has 0 aliphatic carbocycles. The molecule has 1 atom stereocenters. The van der Waals surface area contributed by atoms with E-state index in [1.54, 1.807) is 13.0 Å². The number of nitrogens with one attached hydrogen (secondary N) is 2. The van der Waals surface area contributed by atoms with Gasteiger partial charge in [-0.3, -0.25) is 4.79 Å². The topological polar surface area (TPSA) is 80.4 Å². The predicted octanol–water partition coefficient (Wildman–Crippen LogP) is 2.05. The first kappa shape index (κ1) is 14.2. The number of hydrogen-bond donors (Lipinski definition) is 2. The van der Waals surface area contributed by atoms with E-state index in [0.29, 0.717) is 12.1 Å². The predicted molar refractivity (Wildman–Crippen MR) is 80.1 cm³/mol. The summed E-state index contributed by atoms with van der Waals surface area (Å²) < 4.78 is 10.3. The first-order chi connectivity index (χ1) is 10.6. The first-order valence-corrected chi connectivity index (χ1v) is 6.92. The van der Waals surface area contributed by atoms with Crippen molar-refractivity contribution in [2.75, 3.05) is 12.4 Å². The molecular weight excluding hydrogens is 284 g/mol.